The van der Waals surface area contributed by atoms with Gasteiger partial charge in [0.05, 0.1) is 28.5 Å². The number of rotatable bonds is 9. The number of hydrogen-bond donors (Lipinski definition) is 1. The van der Waals surface area contributed by atoms with Gasteiger partial charge in [-0.15, -0.1) is 0 Å². The zero-order chi connectivity index (χ0) is 29.2. The number of ether oxygens (including phenoxy) is 1. The van der Waals surface area contributed by atoms with Gasteiger partial charge in [0.25, 0.3) is 0 Å². The van der Waals surface area contributed by atoms with Crippen LogP contribution >= 0.6 is 0 Å². The van der Waals surface area contributed by atoms with Crippen LogP contribution in [0.1, 0.15) is 38.8 Å². The molecule has 0 radical (unpaired) electrons. The van der Waals surface area contributed by atoms with Crippen molar-refractivity contribution in [3.8, 4) is 17.3 Å². The highest BCUT2D eigenvalue weighted by atomic mass is 19.1. The van der Waals surface area contributed by atoms with Gasteiger partial charge in [-0.05, 0) is 60.5 Å². The topological polar surface area (TPSA) is 116 Å². The number of carbonyl (C=O) groups is 1. The first-order valence-electron chi connectivity index (χ1n) is 12.9. The fourth-order valence-electron chi connectivity index (χ4n) is 4.61. The lowest BCUT2D eigenvalue weighted by Crippen LogP contribution is -2.07. The number of halogens is 2. The van der Waals surface area contributed by atoms with Crippen molar-refractivity contribution < 1.29 is 27.8 Å². The Morgan fingerprint density at radius 3 is 2.62 bits per heavy atom. The Kier molecular flexibility index (Phi) is 7.14. The van der Waals surface area contributed by atoms with Crippen molar-refractivity contribution in [2.45, 2.75) is 26.5 Å². The van der Waals surface area contributed by atoms with Gasteiger partial charge in [0.15, 0.2) is 0 Å². The van der Waals surface area contributed by atoms with E-state index in [1.54, 1.807) is 49.4 Å². The number of imidazole rings is 1. The lowest BCUT2D eigenvalue weighted by Gasteiger charge is -2.10. The minimum absolute atomic E-state index is 0.00284. The van der Waals surface area contributed by atoms with Gasteiger partial charge in [-0.3, -0.25) is 0 Å². The van der Waals surface area contributed by atoms with E-state index in [1.807, 2.05) is 4.57 Å². The molecule has 11 heteroatoms. The van der Waals surface area contributed by atoms with Gasteiger partial charge >= 0.3 is 12.0 Å². The molecule has 0 atom stereocenters. The van der Waals surface area contributed by atoms with E-state index >= 15 is 4.39 Å². The monoisotopic (exact) mass is 567 g/mol. The minimum atomic E-state index is -1.06. The summed E-state index contributed by atoms with van der Waals surface area (Å²) >= 11 is 0. The van der Waals surface area contributed by atoms with Crippen molar-refractivity contribution >= 4 is 17.0 Å². The lowest BCUT2D eigenvalue weighted by atomic mass is 10.1. The molecule has 3 heterocycles. The van der Waals surface area contributed by atoms with E-state index in [1.165, 1.54) is 36.9 Å². The fourth-order valence-corrected chi connectivity index (χ4v) is 4.61. The molecule has 0 unspecified atom stereocenters. The molecule has 6 rings (SSSR count). The second-order valence-corrected chi connectivity index (χ2v) is 9.65. The molecule has 0 bridgehead atoms. The summed E-state index contributed by atoms with van der Waals surface area (Å²) in [5, 5.41) is 9.47. The predicted octanol–water partition coefficient (Wildman–Crippen LogP) is 5.98. The van der Waals surface area contributed by atoms with Gasteiger partial charge in [-0.1, -0.05) is 18.2 Å². The third kappa shape index (κ3) is 5.57. The summed E-state index contributed by atoms with van der Waals surface area (Å²) < 4.78 is 42.4. The highest BCUT2D eigenvalue weighted by molar-refractivity contribution is 5.92. The van der Waals surface area contributed by atoms with Crippen LogP contribution in [0.15, 0.2) is 83.7 Å². The molecule has 6 aromatic rings. The molecule has 210 valence electrons. The molecule has 1 N–H and O–H groups in total. The Hall–Kier alpha value is -5.45. The number of aryl methyl sites for hydroxylation is 1. The van der Waals surface area contributed by atoms with Gasteiger partial charge in [-0.25, -0.2) is 28.5 Å². The number of oxazole rings is 1. The van der Waals surface area contributed by atoms with Crippen LogP contribution in [0.2, 0.25) is 0 Å². The van der Waals surface area contributed by atoms with E-state index in [0.29, 0.717) is 39.6 Å². The highest BCUT2D eigenvalue weighted by Gasteiger charge is 2.17. The normalized spacial score (nSPS) is 11.2. The van der Waals surface area contributed by atoms with Crippen LogP contribution in [-0.2, 0) is 19.6 Å². The minimum Gasteiger partial charge on any atom is -0.478 e. The molecule has 0 amide bonds. The molecule has 0 aliphatic carbocycles. The van der Waals surface area contributed by atoms with Gasteiger partial charge < -0.3 is 18.8 Å². The first-order valence-corrected chi connectivity index (χ1v) is 12.9. The van der Waals surface area contributed by atoms with Crippen LogP contribution in [0.3, 0.4) is 0 Å². The largest absolute Gasteiger partial charge is 0.478 e. The van der Waals surface area contributed by atoms with E-state index in [0.717, 1.165) is 5.56 Å². The number of carboxylic acids is 1. The Morgan fingerprint density at radius 2 is 1.86 bits per heavy atom. The van der Waals surface area contributed by atoms with Crippen molar-refractivity contribution in [3.05, 3.63) is 125 Å². The summed E-state index contributed by atoms with van der Waals surface area (Å²) in [6, 6.07) is 15.8. The standard InChI is InChI=1S/C31H23F2N5O4/c1-18-2-4-21(23(32)12-18)17-42-31-35-9-8-25(37-31)22-6-3-19(13-24(22)33)14-28-36-26-7-5-20(30(39)40)15-27(26)38(28)16-29-34-10-11-41-29/h2-13,15H,14,16-17H2,1H3,(H,39,40). The molecule has 0 aliphatic heterocycles. The van der Waals surface area contributed by atoms with Crippen LogP contribution in [0.5, 0.6) is 6.01 Å². The number of fused-ring (bicyclic) bond motifs is 1. The molecule has 9 nitrogen and oxygen atoms in total. The Morgan fingerprint density at radius 1 is 0.976 bits per heavy atom. The zero-order valence-electron chi connectivity index (χ0n) is 22.3. The SMILES string of the molecule is Cc1ccc(COc2nccc(-c3ccc(Cc4nc5ccc(C(=O)O)cc5n4Cc4ncco4)cc3F)n2)c(F)c1. The van der Waals surface area contributed by atoms with E-state index in [9.17, 15) is 14.3 Å². The maximum absolute atomic E-state index is 15.4. The van der Waals surface area contributed by atoms with Crippen molar-refractivity contribution in [3.63, 3.8) is 0 Å². The van der Waals surface area contributed by atoms with Crippen LogP contribution in [0, 0.1) is 18.6 Å². The zero-order valence-corrected chi connectivity index (χ0v) is 22.3. The van der Waals surface area contributed by atoms with E-state index < -0.39 is 11.8 Å². The second kappa shape index (κ2) is 11.2. The Labute approximate surface area is 238 Å². The van der Waals surface area contributed by atoms with Crippen LogP contribution < -0.4 is 4.74 Å². The average molecular weight is 568 g/mol. The molecule has 0 fully saturated rings. The summed E-state index contributed by atoms with van der Waals surface area (Å²) in [6.45, 7) is 1.95. The molecule has 0 spiro atoms. The van der Waals surface area contributed by atoms with Gasteiger partial charge in [-0.2, -0.15) is 4.98 Å². The quantitative estimate of drug-likeness (QED) is 0.227. The average Bonchev–Trinajstić information content (AvgIpc) is 3.61. The first-order chi connectivity index (χ1) is 20.3. The predicted molar refractivity (Wildman–Crippen MR) is 148 cm³/mol. The molecule has 0 aliphatic rings. The van der Waals surface area contributed by atoms with Crippen LogP contribution in [0.4, 0.5) is 8.78 Å². The summed E-state index contributed by atoms with van der Waals surface area (Å²) in [7, 11) is 0. The van der Waals surface area contributed by atoms with E-state index in [-0.39, 0.29) is 42.5 Å². The molecule has 42 heavy (non-hydrogen) atoms. The van der Waals surface area contributed by atoms with Crippen molar-refractivity contribution in [1.82, 2.24) is 24.5 Å². The lowest BCUT2D eigenvalue weighted by molar-refractivity contribution is 0.0697. The Bertz CT molecular complexity index is 1920. The number of benzene rings is 3. The fraction of sp³-hybridized carbons (Fsp3) is 0.129. The molecular weight excluding hydrogens is 544 g/mol. The van der Waals surface area contributed by atoms with Crippen molar-refractivity contribution in [2.24, 2.45) is 0 Å². The number of carboxylic acid groups (broad SMARTS) is 1. The summed E-state index contributed by atoms with van der Waals surface area (Å²) in [5.41, 5.74) is 3.66. The smallest absolute Gasteiger partial charge is 0.335 e. The maximum Gasteiger partial charge on any atom is 0.335 e. The van der Waals surface area contributed by atoms with Crippen molar-refractivity contribution in [2.75, 3.05) is 0 Å². The van der Waals surface area contributed by atoms with Gasteiger partial charge in [0.2, 0.25) is 5.89 Å². The molecule has 3 aromatic heterocycles. The van der Waals surface area contributed by atoms with Crippen LogP contribution in [-0.4, -0.2) is 35.6 Å². The second-order valence-electron chi connectivity index (χ2n) is 9.65. The van der Waals surface area contributed by atoms with E-state index in [4.69, 9.17) is 9.15 Å². The van der Waals surface area contributed by atoms with Crippen LogP contribution in [0.25, 0.3) is 22.3 Å². The number of nitrogens with zero attached hydrogens (tertiary/aromatic N) is 5. The highest BCUT2D eigenvalue weighted by Crippen LogP contribution is 2.26. The number of aromatic nitrogens is 5. The Balaban J connectivity index is 1.25. The maximum atomic E-state index is 15.4. The third-order valence-corrected chi connectivity index (χ3v) is 6.72. The first kappa shape index (κ1) is 26.8. The number of hydrogen-bond acceptors (Lipinski definition) is 7. The third-order valence-electron chi connectivity index (χ3n) is 6.72. The van der Waals surface area contributed by atoms with E-state index in [2.05, 4.69) is 19.9 Å². The summed E-state index contributed by atoms with van der Waals surface area (Å²) in [5.74, 6) is -0.946. The molecule has 0 saturated heterocycles. The summed E-state index contributed by atoms with van der Waals surface area (Å²) in [4.78, 5) is 28.8. The van der Waals surface area contributed by atoms with Gasteiger partial charge in [0, 0.05) is 23.7 Å². The molecule has 3 aromatic carbocycles. The van der Waals surface area contributed by atoms with Crippen molar-refractivity contribution in [1.29, 1.82) is 0 Å². The number of aromatic carboxylic acids is 1. The molecular formula is C31H23F2N5O4. The summed E-state index contributed by atoms with van der Waals surface area (Å²) in [6.07, 6.45) is 4.69. The van der Waals surface area contributed by atoms with Gasteiger partial charge in [0.1, 0.15) is 36.9 Å². The molecule has 0 saturated carbocycles.